The molecule has 18 heavy (non-hydrogen) atoms. The van der Waals surface area contributed by atoms with Crippen LogP contribution in [0.15, 0.2) is 12.3 Å². The molecule has 0 atom stereocenters. The molecule has 0 aromatic carbocycles. The molecule has 0 aliphatic rings. The van der Waals surface area contributed by atoms with Crippen LogP contribution in [0.4, 0.5) is 10.2 Å². The minimum absolute atomic E-state index is 0. The Kier molecular flexibility index (Phi) is 4.72. The maximum atomic E-state index is 13.8. The van der Waals surface area contributed by atoms with E-state index < -0.39 is 0 Å². The van der Waals surface area contributed by atoms with Crippen molar-refractivity contribution < 1.29 is 4.39 Å². The Balaban J connectivity index is 0.00000162. The third-order valence-electron chi connectivity index (χ3n) is 2.64. The third-order valence-corrected chi connectivity index (χ3v) is 2.64. The Hall–Kier alpha value is -1.56. The molecule has 0 fully saturated rings. The number of nitrogens with zero attached hydrogens (tertiary/aromatic N) is 4. The Morgan fingerprint density at radius 3 is 2.61 bits per heavy atom. The second kappa shape index (κ2) is 5.86. The summed E-state index contributed by atoms with van der Waals surface area (Å²) in [4.78, 5) is 0. The molecule has 0 aliphatic carbocycles. The number of rotatable bonds is 4. The standard InChI is InChI=1S/C11H16FN5.ClH/c1-4-17-11(12)9(8(2)14-17)7-13-10-5-6-16(3)15-10;/h5-6H,4,7H2,1-3H3,(H,13,15);1H. The first-order valence-corrected chi connectivity index (χ1v) is 5.57. The lowest BCUT2D eigenvalue weighted by Crippen LogP contribution is -2.05. The number of anilines is 1. The molecule has 100 valence electrons. The average molecular weight is 274 g/mol. The van der Waals surface area contributed by atoms with Crippen LogP contribution in [0.25, 0.3) is 0 Å². The fraction of sp³-hybridized carbons (Fsp3) is 0.455. The maximum Gasteiger partial charge on any atom is 0.216 e. The lowest BCUT2D eigenvalue weighted by atomic mass is 10.2. The molecule has 0 aliphatic heterocycles. The zero-order valence-corrected chi connectivity index (χ0v) is 11.5. The molecule has 2 heterocycles. The van der Waals surface area contributed by atoms with E-state index in [-0.39, 0.29) is 18.4 Å². The summed E-state index contributed by atoms with van der Waals surface area (Å²) >= 11 is 0. The van der Waals surface area contributed by atoms with Crippen LogP contribution in [0, 0.1) is 12.9 Å². The van der Waals surface area contributed by atoms with Gasteiger partial charge in [-0.2, -0.15) is 14.6 Å². The van der Waals surface area contributed by atoms with Crippen molar-refractivity contribution in [2.45, 2.75) is 26.9 Å². The van der Waals surface area contributed by atoms with E-state index in [0.717, 1.165) is 5.82 Å². The molecule has 1 N–H and O–H groups in total. The van der Waals surface area contributed by atoms with Gasteiger partial charge < -0.3 is 5.32 Å². The summed E-state index contributed by atoms with van der Waals surface area (Å²) in [6.07, 6.45) is 1.83. The van der Waals surface area contributed by atoms with Crippen LogP contribution >= 0.6 is 12.4 Å². The highest BCUT2D eigenvalue weighted by atomic mass is 35.5. The summed E-state index contributed by atoms with van der Waals surface area (Å²) in [7, 11) is 1.84. The number of aromatic nitrogens is 4. The van der Waals surface area contributed by atoms with E-state index in [1.165, 1.54) is 4.68 Å². The van der Waals surface area contributed by atoms with Gasteiger partial charge in [-0.1, -0.05) is 0 Å². The van der Waals surface area contributed by atoms with Gasteiger partial charge in [-0.15, -0.1) is 12.4 Å². The first-order chi connectivity index (χ1) is 8.11. The van der Waals surface area contributed by atoms with Crippen LogP contribution in [-0.4, -0.2) is 19.6 Å². The molecule has 7 heteroatoms. The molecule has 2 aromatic rings. The zero-order chi connectivity index (χ0) is 12.4. The molecular formula is C11H17ClFN5. The van der Waals surface area contributed by atoms with E-state index in [1.54, 1.807) is 4.68 Å². The second-order valence-electron chi connectivity index (χ2n) is 3.90. The number of hydrogen-bond donors (Lipinski definition) is 1. The number of nitrogens with one attached hydrogen (secondary N) is 1. The van der Waals surface area contributed by atoms with Crippen molar-refractivity contribution in [2.24, 2.45) is 7.05 Å². The van der Waals surface area contributed by atoms with Gasteiger partial charge >= 0.3 is 0 Å². The Morgan fingerprint density at radius 2 is 2.11 bits per heavy atom. The van der Waals surface area contributed by atoms with Gasteiger partial charge in [-0.05, 0) is 13.8 Å². The molecule has 2 aromatic heterocycles. The molecule has 0 saturated carbocycles. The first-order valence-electron chi connectivity index (χ1n) is 5.57. The van der Waals surface area contributed by atoms with Crippen molar-refractivity contribution in [1.29, 1.82) is 0 Å². The van der Waals surface area contributed by atoms with Crippen LogP contribution in [0.3, 0.4) is 0 Å². The average Bonchev–Trinajstić information content (AvgIpc) is 2.82. The minimum atomic E-state index is -0.270. The van der Waals surface area contributed by atoms with Crippen molar-refractivity contribution in [3.63, 3.8) is 0 Å². The smallest absolute Gasteiger partial charge is 0.216 e. The van der Waals surface area contributed by atoms with E-state index in [4.69, 9.17) is 0 Å². The minimum Gasteiger partial charge on any atom is -0.364 e. The summed E-state index contributed by atoms with van der Waals surface area (Å²) in [5, 5.41) is 11.4. The molecule has 5 nitrogen and oxygen atoms in total. The maximum absolute atomic E-state index is 13.8. The van der Waals surface area contributed by atoms with Gasteiger partial charge in [0.1, 0.15) is 5.82 Å². The van der Waals surface area contributed by atoms with Crippen LogP contribution in [0.5, 0.6) is 0 Å². The van der Waals surface area contributed by atoms with Gasteiger partial charge in [-0.25, -0.2) is 4.68 Å². The van der Waals surface area contributed by atoms with Crippen LogP contribution in [0.2, 0.25) is 0 Å². The van der Waals surface area contributed by atoms with Crippen molar-refractivity contribution in [3.05, 3.63) is 29.5 Å². The lowest BCUT2D eigenvalue weighted by molar-refractivity contribution is 0.464. The highest BCUT2D eigenvalue weighted by Gasteiger charge is 2.13. The highest BCUT2D eigenvalue weighted by Crippen LogP contribution is 2.14. The Labute approximate surface area is 111 Å². The molecule has 0 unspecified atom stereocenters. The topological polar surface area (TPSA) is 47.7 Å². The fourth-order valence-corrected chi connectivity index (χ4v) is 1.69. The lowest BCUT2D eigenvalue weighted by Gasteiger charge is -2.02. The van der Waals surface area contributed by atoms with Gasteiger partial charge in [0.2, 0.25) is 5.95 Å². The van der Waals surface area contributed by atoms with Crippen molar-refractivity contribution in [1.82, 2.24) is 19.6 Å². The highest BCUT2D eigenvalue weighted by molar-refractivity contribution is 5.85. The molecule has 0 amide bonds. The normalized spacial score (nSPS) is 10.2. The quantitative estimate of drug-likeness (QED) is 0.928. The predicted molar refractivity (Wildman–Crippen MR) is 70.4 cm³/mol. The zero-order valence-electron chi connectivity index (χ0n) is 10.6. The molecule has 2 rings (SSSR count). The summed E-state index contributed by atoms with van der Waals surface area (Å²) < 4.78 is 16.9. The van der Waals surface area contributed by atoms with E-state index in [9.17, 15) is 4.39 Å². The summed E-state index contributed by atoms with van der Waals surface area (Å²) in [5.74, 6) is 0.462. The van der Waals surface area contributed by atoms with Gasteiger partial charge in [0.05, 0.1) is 5.69 Å². The first kappa shape index (κ1) is 14.5. The fourth-order valence-electron chi connectivity index (χ4n) is 1.69. The van der Waals surface area contributed by atoms with Gasteiger partial charge in [0.15, 0.2) is 0 Å². The van der Waals surface area contributed by atoms with E-state index >= 15 is 0 Å². The van der Waals surface area contributed by atoms with Crippen LogP contribution < -0.4 is 5.32 Å². The van der Waals surface area contributed by atoms with Gasteiger partial charge in [-0.3, -0.25) is 4.68 Å². The van der Waals surface area contributed by atoms with Crippen LogP contribution in [0.1, 0.15) is 18.2 Å². The van der Waals surface area contributed by atoms with Gasteiger partial charge in [0, 0.05) is 38.0 Å². The molecule has 0 saturated heterocycles. The van der Waals surface area contributed by atoms with E-state index in [1.807, 2.05) is 33.2 Å². The number of hydrogen-bond acceptors (Lipinski definition) is 3. The second-order valence-corrected chi connectivity index (χ2v) is 3.90. The van der Waals surface area contributed by atoms with Crippen molar-refractivity contribution >= 4 is 18.2 Å². The number of halogens is 2. The summed E-state index contributed by atoms with van der Waals surface area (Å²) in [6.45, 7) is 4.61. The molecular weight excluding hydrogens is 257 g/mol. The van der Waals surface area contributed by atoms with E-state index in [0.29, 0.717) is 24.3 Å². The van der Waals surface area contributed by atoms with E-state index in [2.05, 4.69) is 15.5 Å². The third kappa shape index (κ3) is 2.81. The predicted octanol–water partition coefficient (Wildman–Crippen LogP) is 2.12. The molecule has 0 radical (unpaired) electrons. The van der Waals surface area contributed by atoms with Crippen molar-refractivity contribution in [3.8, 4) is 0 Å². The monoisotopic (exact) mass is 273 g/mol. The molecule has 0 spiro atoms. The molecule has 0 bridgehead atoms. The van der Waals surface area contributed by atoms with Crippen LogP contribution in [-0.2, 0) is 20.1 Å². The summed E-state index contributed by atoms with van der Waals surface area (Å²) in [6, 6.07) is 1.84. The Bertz CT molecular complexity index is 519. The SMILES string of the molecule is CCn1nc(C)c(CNc2ccn(C)n2)c1F.Cl. The Morgan fingerprint density at radius 1 is 1.39 bits per heavy atom. The summed E-state index contributed by atoms with van der Waals surface area (Å²) in [5.41, 5.74) is 1.31. The largest absolute Gasteiger partial charge is 0.364 e. The van der Waals surface area contributed by atoms with Gasteiger partial charge in [0.25, 0.3) is 0 Å². The van der Waals surface area contributed by atoms with Crippen molar-refractivity contribution in [2.75, 3.05) is 5.32 Å². The number of aryl methyl sites for hydroxylation is 3.